The highest BCUT2D eigenvalue weighted by molar-refractivity contribution is 5.86. The fourth-order valence-corrected chi connectivity index (χ4v) is 3.08. The van der Waals surface area contributed by atoms with E-state index in [1.807, 2.05) is 11.9 Å². The molecule has 2 fully saturated rings. The highest BCUT2D eigenvalue weighted by atomic mass is 16.2. The van der Waals surface area contributed by atoms with Gasteiger partial charge in [0.1, 0.15) is 0 Å². The normalized spacial score (nSPS) is 25.9. The quantitative estimate of drug-likeness (QED) is 0.751. The summed E-state index contributed by atoms with van der Waals surface area (Å²) in [5.41, 5.74) is 5.74. The summed E-state index contributed by atoms with van der Waals surface area (Å²) in [6, 6.07) is 0.569. The Hall–Kier alpha value is -0.610. The van der Waals surface area contributed by atoms with Gasteiger partial charge in [0.25, 0.3) is 0 Å². The van der Waals surface area contributed by atoms with Crippen LogP contribution in [0.2, 0.25) is 0 Å². The number of likely N-dealkylation sites (tertiary alicyclic amines) is 1. The third-order valence-electron chi connectivity index (χ3n) is 4.36. The van der Waals surface area contributed by atoms with E-state index in [1.54, 1.807) is 0 Å². The van der Waals surface area contributed by atoms with Crippen LogP contribution in [0.1, 0.15) is 44.9 Å². The van der Waals surface area contributed by atoms with E-state index in [0.717, 1.165) is 51.6 Å². The lowest BCUT2D eigenvalue weighted by atomic mass is 9.81. The number of carbonyl (C=O) groups excluding carboxylic acids is 1. The lowest BCUT2D eigenvalue weighted by Gasteiger charge is -2.40. The lowest BCUT2D eigenvalue weighted by Crippen LogP contribution is -2.58. The minimum absolute atomic E-state index is 0.201. The van der Waals surface area contributed by atoms with Crippen LogP contribution in [0.3, 0.4) is 0 Å². The zero-order valence-corrected chi connectivity index (χ0v) is 10.9. The van der Waals surface area contributed by atoms with Crippen LogP contribution >= 0.6 is 0 Å². The first-order valence-electron chi connectivity index (χ1n) is 6.91. The molecule has 0 radical (unpaired) electrons. The molecule has 98 valence electrons. The second kappa shape index (κ2) is 5.36. The number of rotatable bonds is 2. The standard InChI is InChI=1S/C13H25N3O/c1-15-11-5-9-16(10-6-11)12(17)13(14)7-3-2-4-8-13/h11,15H,2-10,14H2,1H3. The molecule has 17 heavy (non-hydrogen) atoms. The predicted octanol–water partition coefficient (Wildman–Crippen LogP) is 0.858. The highest BCUT2D eigenvalue weighted by Crippen LogP contribution is 2.28. The monoisotopic (exact) mass is 239 g/mol. The van der Waals surface area contributed by atoms with Gasteiger partial charge in [-0.2, -0.15) is 0 Å². The zero-order chi connectivity index (χ0) is 12.3. The third kappa shape index (κ3) is 2.80. The Bertz CT molecular complexity index is 266. The first kappa shape index (κ1) is 12.8. The van der Waals surface area contributed by atoms with Gasteiger partial charge in [-0.25, -0.2) is 0 Å². The van der Waals surface area contributed by atoms with Crippen LogP contribution in [0, 0.1) is 0 Å². The molecule has 0 atom stereocenters. The third-order valence-corrected chi connectivity index (χ3v) is 4.36. The van der Waals surface area contributed by atoms with Crippen molar-refractivity contribution in [2.75, 3.05) is 20.1 Å². The zero-order valence-electron chi connectivity index (χ0n) is 10.9. The van der Waals surface area contributed by atoms with Gasteiger partial charge in [0.05, 0.1) is 5.54 Å². The van der Waals surface area contributed by atoms with Crippen molar-refractivity contribution < 1.29 is 4.79 Å². The number of amides is 1. The summed E-state index contributed by atoms with van der Waals surface area (Å²) in [6.07, 6.45) is 7.30. The lowest BCUT2D eigenvalue weighted by molar-refractivity contribution is -0.139. The van der Waals surface area contributed by atoms with Gasteiger partial charge in [-0.15, -0.1) is 0 Å². The van der Waals surface area contributed by atoms with Crippen molar-refractivity contribution in [3.8, 4) is 0 Å². The average molecular weight is 239 g/mol. The minimum atomic E-state index is -0.551. The number of hydrogen-bond acceptors (Lipinski definition) is 3. The van der Waals surface area contributed by atoms with Gasteiger partial charge < -0.3 is 16.0 Å². The Morgan fingerprint density at radius 2 is 1.82 bits per heavy atom. The number of hydrogen-bond donors (Lipinski definition) is 2. The summed E-state index contributed by atoms with van der Waals surface area (Å²) in [5.74, 6) is 0.201. The Labute approximate surface area is 104 Å². The maximum Gasteiger partial charge on any atom is 0.242 e. The molecule has 1 saturated carbocycles. The van der Waals surface area contributed by atoms with Crippen LogP contribution in [0.25, 0.3) is 0 Å². The van der Waals surface area contributed by atoms with E-state index in [-0.39, 0.29) is 5.91 Å². The maximum atomic E-state index is 12.5. The van der Waals surface area contributed by atoms with Crippen LogP contribution < -0.4 is 11.1 Å². The van der Waals surface area contributed by atoms with E-state index in [4.69, 9.17) is 5.73 Å². The molecule has 0 spiro atoms. The molecule has 0 bridgehead atoms. The molecular weight excluding hydrogens is 214 g/mol. The van der Waals surface area contributed by atoms with Crippen molar-refractivity contribution in [3.63, 3.8) is 0 Å². The van der Waals surface area contributed by atoms with Crippen molar-refractivity contribution in [1.29, 1.82) is 0 Å². The van der Waals surface area contributed by atoms with Crippen LogP contribution in [0.4, 0.5) is 0 Å². The van der Waals surface area contributed by atoms with E-state index in [1.165, 1.54) is 6.42 Å². The van der Waals surface area contributed by atoms with E-state index < -0.39 is 5.54 Å². The van der Waals surface area contributed by atoms with Crippen LogP contribution in [0.15, 0.2) is 0 Å². The number of nitrogens with zero attached hydrogens (tertiary/aromatic N) is 1. The fourth-order valence-electron chi connectivity index (χ4n) is 3.08. The number of nitrogens with one attached hydrogen (secondary N) is 1. The van der Waals surface area contributed by atoms with Crippen LogP contribution in [0.5, 0.6) is 0 Å². The molecule has 4 heteroatoms. The molecule has 1 heterocycles. The van der Waals surface area contributed by atoms with Gasteiger partial charge >= 0.3 is 0 Å². The molecule has 0 aromatic carbocycles. The first-order valence-corrected chi connectivity index (χ1v) is 6.91. The van der Waals surface area contributed by atoms with Gasteiger partial charge in [-0.05, 0) is 32.7 Å². The van der Waals surface area contributed by atoms with Crippen molar-refractivity contribution in [2.24, 2.45) is 5.73 Å². The van der Waals surface area contributed by atoms with Crippen LogP contribution in [-0.2, 0) is 4.79 Å². The Kier molecular flexibility index (Phi) is 4.05. The molecule has 3 N–H and O–H groups in total. The predicted molar refractivity (Wildman–Crippen MR) is 68.7 cm³/mol. The molecule has 1 aliphatic heterocycles. The van der Waals surface area contributed by atoms with E-state index in [0.29, 0.717) is 6.04 Å². The Morgan fingerprint density at radius 3 is 2.35 bits per heavy atom. The smallest absolute Gasteiger partial charge is 0.242 e. The van der Waals surface area contributed by atoms with Crippen molar-refractivity contribution in [3.05, 3.63) is 0 Å². The largest absolute Gasteiger partial charge is 0.341 e. The van der Waals surface area contributed by atoms with E-state index >= 15 is 0 Å². The van der Waals surface area contributed by atoms with E-state index in [2.05, 4.69) is 5.32 Å². The molecular formula is C13H25N3O. The van der Waals surface area contributed by atoms with Gasteiger partial charge in [-0.1, -0.05) is 19.3 Å². The highest BCUT2D eigenvalue weighted by Gasteiger charge is 2.39. The minimum Gasteiger partial charge on any atom is -0.341 e. The number of carbonyl (C=O) groups is 1. The Balaban J connectivity index is 1.91. The number of nitrogens with two attached hydrogens (primary N) is 1. The molecule has 1 saturated heterocycles. The molecule has 2 rings (SSSR count). The van der Waals surface area contributed by atoms with Crippen molar-refractivity contribution in [2.45, 2.75) is 56.5 Å². The summed E-state index contributed by atoms with van der Waals surface area (Å²) in [6.45, 7) is 1.73. The SMILES string of the molecule is CNC1CCN(C(=O)C2(N)CCCCC2)CC1. The summed E-state index contributed by atoms with van der Waals surface area (Å²) >= 11 is 0. The van der Waals surface area contributed by atoms with Gasteiger partial charge in [-0.3, -0.25) is 4.79 Å². The molecule has 0 aromatic heterocycles. The topological polar surface area (TPSA) is 58.4 Å². The molecule has 1 aliphatic carbocycles. The van der Waals surface area contributed by atoms with Gasteiger partial charge in [0.2, 0.25) is 5.91 Å². The Morgan fingerprint density at radius 1 is 1.24 bits per heavy atom. The average Bonchev–Trinajstić information content (AvgIpc) is 2.39. The van der Waals surface area contributed by atoms with Gasteiger partial charge in [0, 0.05) is 19.1 Å². The fraction of sp³-hybridized carbons (Fsp3) is 0.923. The molecule has 2 aliphatic rings. The summed E-state index contributed by atoms with van der Waals surface area (Å²) in [7, 11) is 1.99. The number of piperidine rings is 1. The molecule has 0 aromatic rings. The summed E-state index contributed by atoms with van der Waals surface area (Å²) in [4.78, 5) is 14.4. The van der Waals surface area contributed by atoms with Crippen molar-refractivity contribution >= 4 is 5.91 Å². The second-order valence-electron chi connectivity index (χ2n) is 5.57. The first-order chi connectivity index (χ1) is 8.15. The van der Waals surface area contributed by atoms with E-state index in [9.17, 15) is 4.79 Å². The second-order valence-corrected chi connectivity index (χ2v) is 5.57. The summed E-state index contributed by atoms with van der Waals surface area (Å²) < 4.78 is 0. The molecule has 0 unspecified atom stereocenters. The van der Waals surface area contributed by atoms with Crippen molar-refractivity contribution in [1.82, 2.24) is 10.2 Å². The summed E-state index contributed by atoms with van der Waals surface area (Å²) in [5, 5.41) is 3.28. The molecule has 4 nitrogen and oxygen atoms in total. The maximum absolute atomic E-state index is 12.5. The molecule has 1 amide bonds. The van der Waals surface area contributed by atoms with Crippen LogP contribution in [-0.4, -0.2) is 42.5 Å². The van der Waals surface area contributed by atoms with Gasteiger partial charge in [0.15, 0.2) is 0 Å².